The average molecular weight is 456 g/mol. The van der Waals surface area contributed by atoms with Crippen molar-refractivity contribution in [1.82, 2.24) is 9.78 Å². The molecule has 2 aliphatic rings. The van der Waals surface area contributed by atoms with Crippen molar-refractivity contribution in [2.75, 3.05) is 16.8 Å². The number of ether oxygens (including phenoxy) is 1. The third-order valence-corrected chi connectivity index (χ3v) is 8.07. The van der Waals surface area contributed by atoms with Gasteiger partial charge >= 0.3 is 0 Å². The van der Waals surface area contributed by atoms with Crippen molar-refractivity contribution in [2.45, 2.75) is 43.4 Å². The van der Waals surface area contributed by atoms with Crippen molar-refractivity contribution in [3.8, 4) is 5.75 Å². The summed E-state index contributed by atoms with van der Waals surface area (Å²) in [5, 5.41) is 8.18. The van der Waals surface area contributed by atoms with Crippen LogP contribution in [0.15, 0.2) is 24.3 Å². The predicted molar refractivity (Wildman–Crippen MR) is 114 cm³/mol. The number of halogens is 1. The van der Waals surface area contributed by atoms with E-state index in [-0.39, 0.29) is 23.5 Å². The number of fused-ring (bicyclic) bond motifs is 1. The van der Waals surface area contributed by atoms with Gasteiger partial charge in [-0.05, 0) is 44.5 Å². The Labute approximate surface area is 179 Å². The van der Waals surface area contributed by atoms with Crippen LogP contribution in [0.1, 0.15) is 37.6 Å². The van der Waals surface area contributed by atoms with Crippen molar-refractivity contribution in [1.29, 1.82) is 0 Å². The monoisotopic (exact) mass is 455 g/mol. The van der Waals surface area contributed by atoms with Crippen molar-refractivity contribution in [3.05, 3.63) is 40.5 Å². The number of hydrogen-bond acceptors (Lipinski definition) is 6. The molecule has 156 valence electrons. The molecular weight excluding hydrogens is 434 g/mol. The van der Waals surface area contributed by atoms with E-state index in [1.165, 1.54) is 0 Å². The van der Waals surface area contributed by atoms with Crippen LogP contribution in [0, 0.1) is 0 Å². The number of anilines is 1. The molecule has 4 rings (SSSR count). The zero-order chi connectivity index (χ0) is 20.8. The third-order valence-electron chi connectivity index (χ3n) is 5.10. The van der Waals surface area contributed by atoms with E-state index in [1.54, 1.807) is 54.6 Å². The maximum absolute atomic E-state index is 13.1. The second-order valence-electron chi connectivity index (χ2n) is 7.79. The summed E-state index contributed by atoms with van der Waals surface area (Å²) >= 11 is 7.63. The van der Waals surface area contributed by atoms with Crippen molar-refractivity contribution < 1.29 is 17.9 Å². The number of aromatic nitrogens is 2. The van der Waals surface area contributed by atoms with Gasteiger partial charge in [-0.2, -0.15) is 16.9 Å². The topological polar surface area (TPSA) is 90.3 Å². The van der Waals surface area contributed by atoms with Gasteiger partial charge in [-0.1, -0.05) is 11.6 Å². The predicted octanol–water partition coefficient (Wildman–Crippen LogP) is 3.44. The summed E-state index contributed by atoms with van der Waals surface area (Å²) in [6.07, 6.45) is 0.504. The number of sulfone groups is 1. The van der Waals surface area contributed by atoms with Crippen LogP contribution in [0.25, 0.3) is 0 Å². The molecule has 1 saturated heterocycles. The van der Waals surface area contributed by atoms with E-state index >= 15 is 0 Å². The molecule has 10 heteroatoms. The van der Waals surface area contributed by atoms with Gasteiger partial charge in [0.15, 0.2) is 15.4 Å². The van der Waals surface area contributed by atoms with Crippen LogP contribution in [0.2, 0.25) is 5.02 Å². The molecule has 7 nitrogen and oxygen atoms in total. The number of hydrogen-bond donors (Lipinski definition) is 1. The van der Waals surface area contributed by atoms with Crippen molar-refractivity contribution in [2.24, 2.45) is 0 Å². The van der Waals surface area contributed by atoms with E-state index in [0.717, 1.165) is 22.8 Å². The molecule has 1 atom stereocenters. The number of nitrogens with one attached hydrogen (secondary N) is 1. The van der Waals surface area contributed by atoms with Crippen LogP contribution in [-0.2, 0) is 26.1 Å². The lowest BCUT2D eigenvalue weighted by Crippen LogP contribution is -2.43. The molecule has 1 aromatic heterocycles. The standard InChI is InChI=1S/C19H22ClN3O4S2/c1-19(2,27-14-5-3-12(20)4-6-14)18(24)21-17-15-9-28-10-16(15)22-23(17)13-7-8-29(25,26)11-13/h3-6,13H,7-11H2,1-2H3,(H,21,24). The molecule has 0 saturated carbocycles. The zero-order valence-corrected chi connectivity index (χ0v) is 18.5. The minimum absolute atomic E-state index is 0.0498. The number of thioether (sulfide) groups is 1. The Hall–Kier alpha value is -1.71. The van der Waals surface area contributed by atoms with E-state index < -0.39 is 15.4 Å². The van der Waals surface area contributed by atoms with Crippen LogP contribution in [0.5, 0.6) is 5.75 Å². The summed E-state index contributed by atoms with van der Waals surface area (Å²) in [4.78, 5) is 13.1. The second kappa shape index (κ2) is 7.52. The third kappa shape index (κ3) is 4.27. The highest BCUT2D eigenvalue weighted by atomic mass is 35.5. The fourth-order valence-electron chi connectivity index (χ4n) is 3.50. The molecule has 2 aliphatic heterocycles. The molecule has 0 aliphatic carbocycles. The van der Waals surface area contributed by atoms with Gasteiger partial charge in [0.05, 0.1) is 23.2 Å². The molecule has 1 amide bonds. The Morgan fingerprint density at radius 3 is 2.69 bits per heavy atom. The summed E-state index contributed by atoms with van der Waals surface area (Å²) < 4.78 is 31.5. The van der Waals surface area contributed by atoms with Gasteiger partial charge in [0.2, 0.25) is 0 Å². The van der Waals surface area contributed by atoms with E-state index in [0.29, 0.717) is 23.0 Å². The van der Waals surface area contributed by atoms with Crippen LogP contribution in [-0.4, -0.2) is 41.2 Å². The molecule has 1 N–H and O–H groups in total. The SMILES string of the molecule is CC(C)(Oc1ccc(Cl)cc1)C(=O)Nc1c2c(nn1C1CCS(=O)(=O)C1)CSC2. The molecule has 0 spiro atoms. The van der Waals surface area contributed by atoms with Gasteiger partial charge in [-0.25, -0.2) is 13.1 Å². The first-order valence-corrected chi connectivity index (χ1v) is 12.6. The highest BCUT2D eigenvalue weighted by Gasteiger charge is 2.37. The first-order chi connectivity index (χ1) is 13.6. The molecule has 2 aromatic rings. The maximum atomic E-state index is 13.1. The quantitative estimate of drug-likeness (QED) is 0.742. The number of carbonyl (C=O) groups excluding carboxylic acids is 1. The fourth-order valence-corrected chi connectivity index (χ4v) is 6.35. The van der Waals surface area contributed by atoms with Crippen LogP contribution < -0.4 is 10.1 Å². The smallest absolute Gasteiger partial charge is 0.269 e. The molecule has 1 aromatic carbocycles. The normalized spacial score (nSPS) is 20.4. The van der Waals surface area contributed by atoms with E-state index in [9.17, 15) is 13.2 Å². The maximum Gasteiger partial charge on any atom is 0.269 e. The molecule has 29 heavy (non-hydrogen) atoms. The second-order valence-corrected chi connectivity index (χ2v) is 11.4. The zero-order valence-electron chi connectivity index (χ0n) is 16.1. The van der Waals surface area contributed by atoms with Gasteiger partial charge in [-0.15, -0.1) is 0 Å². The van der Waals surface area contributed by atoms with Gasteiger partial charge in [0.1, 0.15) is 11.6 Å². The molecule has 1 fully saturated rings. The minimum Gasteiger partial charge on any atom is -0.478 e. The van der Waals surface area contributed by atoms with Gasteiger partial charge in [-0.3, -0.25) is 4.79 Å². The van der Waals surface area contributed by atoms with E-state index in [4.69, 9.17) is 16.3 Å². The summed E-state index contributed by atoms with van der Waals surface area (Å²) in [6, 6.07) is 6.56. The van der Waals surface area contributed by atoms with E-state index in [1.807, 2.05) is 0 Å². The lowest BCUT2D eigenvalue weighted by molar-refractivity contribution is -0.128. The minimum atomic E-state index is -3.07. The Bertz CT molecular complexity index is 1050. The summed E-state index contributed by atoms with van der Waals surface area (Å²) in [6.45, 7) is 3.37. The average Bonchev–Trinajstić information content (AvgIpc) is 3.32. The summed E-state index contributed by atoms with van der Waals surface area (Å²) in [7, 11) is -3.07. The summed E-state index contributed by atoms with van der Waals surface area (Å²) in [5.41, 5.74) is 0.726. The van der Waals surface area contributed by atoms with Gasteiger partial charge in [0, 0.05) is 22.1 Å². The molecular formula is C19H22ClN3O4S2. The number of amides is 1. The molecule has 0 radical (unpaired) electrons. The number of rotatable bonds is 5. The Morgan fingerprint density at radius 1 is 1.31 bits per heavy atom. The van der Waals surface area contributed by atoms with Crippen LogP contribution in [0.3, 0.4) is 0 Å². The molecule has 1 unspecified atom stereocenters. The largest absolute Gasteiger partial charge is 0.478 e. The van der Waals surface area contributed by atoms with Gasteiger partial charge in [0.25, 0.3) is 5.91 Å². The highest BCUT2D eigenvalue weighted by Crippen LogP contribution is 2.38. The number of benzene rings is 1. The van der Waals surface area contributed by atoms with Gasteiger partial charge < -0.3 is 10.1 Å². The Balaban J connectivity index is 1.58. The summed E-state index contributed by atoms with van der Waals surface area (Å²) in [5.74, 6) is 2.49. The number of carbonyl (C=O) groups is 1. The van der Waals surface area contributed by atoms with E-state index in [2.05, 4.69) is 10.4 Å². The number of nitrogens with zero attached hydrogens (tertiary/aromatic N) is 2. The van der Waals surface area contributed by atoms with Crippen LogP contribution in [0.4, 0.5) is 5.82 Å². The molecule has 3 heterocycles. The van der Waals surface area contributed by atoms with Crippen LogP contribution >= 0.6 is 23.4 Å². The lowest BCUT2D eigenvalue weighted by Gasteiger charge is -2.26. The fraction of sp³-hybridized carbons (Fsp3) is 0.474. The Morgan fingerprint density at radius 2 is 2.03 bits per heavy atom. The lowest BCUT2D eigenvalue weighted by atomic mass is 10.1. The first-order valence-electron chi connectivity index (χ1n) is 9.29. The molecule has 0 bridgehead atoms. The van der Waals surface area contributed by atoms with Crippen molar-refractivity contribution >= 4 is 44.9 Å². The van der Waals surface area contributed by atoms with Crippen molar-refractivity contribution in [3.63, 3.8) is 0 Å². The Kier molecular flexibility index (Phi) is 5.33. The highest BCUT2D eigenvalue weighted by molar-refractivity contribution is 7.98. The first kappa shape index (κ1) is 20.6.